The Morgan fingerprint density at radius 2 is 1.63 bits per heavy atom. The van der Waals surface area contributed by atoms with E-state index >= 15 is 0 Å². The van der Waals surface area contributed by atoms with Crippen LogP contribution < -0.4 is 5.32 Å². The highest BCUT2D eigenvalue weighted by Gasteiger charge is 2.30. The third-order valence-electron chi connectivity index (χ3n) is 3.75. The molecular weight excluding hydrogens is 454 g/mol. The van der Waals surface area contributed by atoms with Gasteiger partial charge in [-0.15, -0.1) is 23.1 Å². The van der Waals surface area contributed by atoms with Crippen molar-refractivity contribution < 1.29 is 33.4 Å². The summed E-state index contributed by atoms with van der Waals surface area (Å²) >= 11 is 7.93. The van der Waals surface area contributed by atoms with Gasteiger partial charge in [-0.2, -0.15) is 0 Å². The minimum Gasteiger partial charge on any atom is -0.469 e. The molecule has 0 saturated heterocycles. The van der Waals surface area contributed by atoms with Crippen molar-refractivity contribution in [3.63, 3.8) is 0 Å². The van der Waals surface area contributed by atoms with Crippen LogP contribution in [-0.2, 0) is 30.2 Å². The Labute approximate surface area is 185 Å². The van der Waals surface area contributed by atoms with Gasteiger partial charge >= 0.3 is 17.9 Å². The number of hydrogen-bond acceptors (Lipinski definition) is 9. The highest BCUT2D eigenvalue weighted by molar-refractivity contribution is 8.00. The molecule has 0 spiro atoms. The van der Waals surface area contributed by atoms with Crippen LogP contribution >= 0.6 is 34.7 Å². The van der Waals surface area contributed by atoms with Gasteiger partial charge in [-0.25, -0.2) is 9.59 Å². The van der Waals surface area contributed by atoms with Crippen molar-refractivity contribution in [1.29, 1.82) is 0 Å². The van der Waals surface area contributed by atoms with Crippen molar-refractivity contribution in [2.24, 2.45) is 0 Å². The van der Waals surface area contributed by atoms with Gasteiger partial charge in [0.1, 0.15) is 9.88 Å². The van der Waals surface area contributed by atoms with Crippen molar-refractivity contribution in [1.82, 2.24) is 0 Å². The normalized spacial score (nSPS) is 10.3. The number of halogens is 1. The smallest absolute Gasteiger partial charge is 0.348 e. The first-order chi connectivity index (χ1) is 14.3. The van der Waals surface area contributed by atoms with Crippen molar-refractivity contribution >= 4 is 63.5 Å². The van der Waals surface area contributed by atoms with Gasteiger partial charge in [0.2, 0.25) is 5.91 Å². The quantitative estimate of drug-likeness (QED) is 0.354. The summed E-state index contributed by atoms with van der Waals surface area (Å²) in [6, 6.07) is 6.96. The molecule has 0 atom stereocenters. The molecule has 2 aromatic rings. The Hall–Kier alpha value is -2.56. The van der Waals surface area contributed by atoms with E-state index < -0.39 is 23.8 Å². The Balaban J connectivity index is 2.31. The number of hydrogen-bond donors (Lipinski definition) is 1. The molecule has 0 radical (unpaired) electrons. The number of benzene rings is 1. The summed E-state index contributed by atoms with van der Waals surface area (Å²) in [6.07, 6.45) is -0.364. The van der Waals surface area contributed by atoms with Gasteiger partial charge in [-0.05, 0) is 24.3 Å². The van der Waals surface area contributed by atoms with Gasteiger partial charge in [0.25, 0.3) is 0 Å². The molecule has 0 saturated carbocycles. The summed E-state index contributed by atoms with van der Waals surface area (Å²) in [5.74, 6) is -2.59. The number of esters is 3. The molecule has 11 heteroatoms. The standard InChI is InChI=1S/C19H18ClNO7S2/c1-26-14(23)8-12-15(18(24)27-2)17(30-16(12)19(25)28-3)21-13(22)9-29-11-6-4-10(20)5-7-11/h4-7H,8-9H2,1-3H3,(H,21,22). The second-order valence-electron chi connectivity index (χ2n) is 5.64. The van der Waals surface area contributed by atoms with Crippen LogP contribution in [-0.4, -0.2) is 50.9 Å². The van der Waals surface area contributed by atoms with E-state index in [-0.39, 0.29) is 33.2 Å². The largest absolute Gasteiger partial charge is 0.469 e. The molecule has 1 aromatic carbocycles. The summed E-state index contributed by atoms with van der Waals surface area (Å²) in [5.41, 5.74) is -0.00986. The van der Waals surface area contributed by atoms with Crippen LogP contribution in [0.2, 0.25) is 5.02 Å². The van der Waals surface area contributed by atoms with Gasteiger partial charge in [0.15, 0.2) is 0 Å². The van der Waals surface area contributed by atoms with Crippen LogP contribution in [0.4, 0.5) is 5.00 Å². The molecule has 0 aliphatic heterocycles. The number of nitrogens with one attached hydrogen (secondary N) is 1. The SMILES string of the molecule is COC(=O)Cc1c(C(=O)OC)sc(NC(=O)CSc2ccc(Cl)cc2)c1C(=O)OC. The van der Waals surface area contributed by atoms with Crippen LogP contribution in [0.3, 0.4) is 0 Å². The van der Waals surface area contributed by atoms with Gasteiger partial charge in [-0.1, -0.05) is 11.6 Å². The van der Waals surface area contributed by atoms with E-state index in [0.29, 0.717) is 5.02 Å². The molecule has 160 valence electrons. The molecule has 0 unspecified atom stereocenters. The fourth-order valence-corrected chi connectivity index (χ4v) is 4.32. The van der Waals surface area contributed by atoms with E-state index in [1.807, 2.05) is 0 Å². The first-order valence-electron chi connectivity index (χ1n) is 8.38. The van der Waals surface area contributed by atoms with Gasteiger partial charge in [-0.3, -0.25) is 9.59 Å². The number of amides is 1. The van der Waals surface area contributed by atoms with Crippen LogP contribution in [0.5, 0.6) is 0 Å². The third-order valence-corrected chi connectivity index (χ3v) is 6.14. The lowest BCUT2D eigenvalue weighted by atomic mass is 10.1. The molecule has 8 nitrogen and oxygen atoms in total. The Bertz CT molecular complexity index is 957. The van der Waals surface area contributed by atoms with Crippen LogP contribution in [0.1, 0.15) is 25.6 Å². The molecule has 30 heavy (non-hydrogen) atoms. The average molecular weight is 472 g/mol. The average Bonchev–Trinajstić information content (AvgIpc) is 3.09. The minimum atomic E-state index is -0.805. The fraction of sp³-hybridized carbons (Fsp3) is 0.263. The Morgan fingerprint density at radius 3 is 2.20 bits per heavy atom. The monoisotopic (exact) mass is 471 g/mol. The molecular formula is C19H18ClNO7S2. The van der Waals surface area contributed by atoms with Crippen molar-refractivity contribution in [2.45, 2.75) is 11.3 Å². The van der Waals surface area contributed by atoms with E-state index in [0.717, 1.165) is 23.3 Å². The van der Waals surface area contributed by atoms with Crippen LogP contribution in [0.25, 0.3) is 0 Å². The molecule has 1 heterocycles. The first kappa shape index (κ1) is 23.7. The first-order valence-corrected chi connectivity index (χ1v) is 10.6. The maximum atomic E-state index is 12.4. The zero-order chi connectivity index (χ0) is 22.3. The lowest BCUT2D eigenvalue weighted by molar-refractivity contribution is -0.139. The van der Waals surface area contributed by atoms with E-state index in [9.17, 15) is 19.2 Å². The molecule has 0 aliphatic carbocycles. The maximum absolute atomic E-state index is 12.4. The lowest BCUT2D eigenvalue weighted by Crippen LogP contribution is -2.17. The number of ether oxygens (including phenoxy) is 3. The second kappa shape index (κ2) is 11.0. The molecule has 0 fully saturated rings. The maximum Gasteiger partial charge on any atom is 0.348 e. The third kappa shape index (κ3) is 5.97. The summed E-state index contributed by atoms with van der Waals surface area (Å²) in [6.45, 7) is 0. The molecule has 1 amide bonds. The van der Waals surface area contributed by atoms with Gasteiger partial charge in [0, 0.05) is 15.5 Å². The minimum absolute atomic E-state index is 0.00366. The van der Waals surface area contributed by atoms with Gasteiger partial charge < -0.3 is 19.5 Å². The number of carbonyl (C=O) groups is 4. The number of rotatable bonds is 8. The fourth-order valence-electron chi connectivity index (χ4n) is 2.36. The number of methoxy groups -OCH3 is 3. The molecule has 0 aliphatic rings. The van der Waals surface area contributed by atoms with E-state index in [2.05, 4.69) is 10.1 Å². The zero-order valence-corrected chi connectivity index (χ0v) is 18.7. The van der Waals surface area contributed by atoms with Crippen molar-refractivity contribution in [3.05, 3.63) is 45.3 Å². The second-order valence-corrected chi connectivity index (χ2v) is 8.15. The predicted octanol–water partition coefficient (Wildman–Crippen LogP) is 3.42. The molecule has 0 bridgehead atoms. The summed E-state index contributed by atoms with van der Waals surface area (Å²) in [4.78, 5) is 49.6. The molecule has 1 aromatic heterocycles. The number of thioether (sulfide) groups is 1. The molecule has 1 N–H and O–H groups in total. The number of thiophene rings is 1. The summed E-state index contributed by atoms with van der Waals surface area (Å²) in [5, 5.41) is 3.28. The van der Waals surface area contributed by atoms with E-state index in [1.165, 1.54) is 26.0 Å². The highest BCUT2D eigenvalue weighted by atomic mass is 35.5. The van der Waals surface area contributed by atoms with Crippen molar-refractivity contribution in [3.8, 4) is 0 Å². The topological polar surface area (TPSA) is 108 Å². The summed E-state index contributed by atoms with van der Waals surface area (Å²) < 4.78 is 14.1. The Morgan fingerprint density at radius 1 is 1.00 bits per heavy atom. The Kier molecular flexibility index (Phi) is 8.70. The van der Waals surface area contributed by atoms with Crippen LogP contribution in [0.15, 0.2) is 29.2 Å². The number of anilines is 1. The lowest BCUT2D eigenvalue weighted by Gasteiger charge is -2.07. The summed E-state index contributed by atoms with van der Waals surface area (Å²) in [7, 11) is 3.51. The highest BCUT2D eigenvalue weighted by Crippen LogP contribution is 2.35. The van der Waals surface area contributed by atoms with E-state index in [4.69, 9.17) is 21.1 Å². The van der Waals surface area contributed by atoms with E-state index in [1.54, 1.807) is 24.3 Å². The number of carbonyl (C=O) groups excluding carboxylic acids is 4. The zero-order valence-electron chi connectivity index (χ0n) is 16.3. The predicted molar refractivity (Wildman–Crippen MR) is 114 cm³/mol. The van der Waals surface area contributed by atoms with Gasteiger partial charge in [0.05, 0.1) is 39.1 Å². The van der Waals surface area contributed by atoms with Crippen molar-refractivity contribution in [2.75, 3.05) is 32.4 Å². The molecule has 2 rings (SSSR count). The van der Waals surface area contributed by atoms with Crippen LogP contribution in [0, 0.1) is 0 Å².